The molecule has 1 N–H and O–H groups in total. The molecular weight excluding hydrogens is 633 g/mol. The molecule has 0 aromatic heterocycles. The highest BCUT2D eigenvalue weighted by molar-refractivity contribution is 6.10. The first kappa shape index (κ1) is 31.8. The molecule has 6 heteroatoms. The summed E-state index contributed by atoms with van der Waals surface area (Å²) in [6, 6.07) is 32.8. The summed E-state index contributed by atoms with van der Waals surface area (Å²) in [5.41, 5.74) is 10.6. The lowest BCUT2D eigenvalue weighted by Gasteiger charge is -2.39. The predicted octanol–water partition coefficient (Wildman–Crippen LogP) is 9.38. The van der Waals surface area contributed by atoms with E-state index in [9.17, 15) is 5.11 Å². The van der Waals surface area contributed by atoms with Crippen molar-refractivity contribution in [3.63, 3.8) is 0 Å². The Morgan fingerprint density at radius 1 is 0.824 bits per heavy atom. The maximum absolute atomic E-state index is 9.95. The van der Waals surface area contributed by atoms with Crippen LogP contribution in [0.5, 0.6) is 11.5 Å². The van der Waals surface area contributed by atoms with Crippen molar-refractivity contribution in [3.05, 3.63) is 137 Å². The summed E-state index contributed by atoms with van der Waals surface area (Å²) >= 11 is 0. The number of rotatable bonds is 5. The van der Waals surface area contributed by atoms with E-state index in [4.69, 9.17) is 14.2 Å². The number of aliphatic hydroxyl groups excluding tert-OH is 1. The van der Waals surface area contributed by atoms with E-state index in [-0.39, 0.29) is 5.41 Å². The molecule has 4 aliphatic rings. The van der Waals surface area contributed by atoms with E-state index in [1.807, 2.05) is 0 Å². The fraction of sp³-hybridized carbons (Fsp3) is 0.289. The molecular formula is C45H44N2O4. The van der Waals surface area contributed by atoms with E-state index in [0.29, 0.717) is 6.54 Å². The molecule has 51 heavy (non-hydrogen) atoms. The maximum atomic E-state index is 9.95. The van der Waals surface area contributed by atoms with Crippen LogP contribution in [-0.2, 0) is 15.8 Å². The van der Waals surface area contributed by atoms with Gasteiger partial charge in [-0.2, -0.15) is 0 Å². The number of ether oxygens (including phenoxy) is 3. The molecule has 2 saturated heterocycles. The van der Waals surface area contributed by atoms with E-state index in [2.05, 4.69) is 127 Å². The Morgan fingerprint density at radius 3 is 2.33 bits per heavy atom. The molecule has 0 saturated carbocycles. The lowest BCUT2D eigenvalue weighted by molar-refractivity contribution is 0.122. The molecule has 1 aliphatic carbocycles. The summed E-state index contributed by atoms with van der Waals surface area (Å²) < 4.78 is 19.4. The summed E-state index contributed by atoms with van der Waals surface area (Å²) in [6.45, 7) is 9.52. The molecule has 3 heterocycles. The van der Waals surface area contributed by atoms with E-state index >= 15 is 0 Å². The number of hydrogen-bond donors (Lipinski definition) is 1. The van der Waals surface area contributed by atoms with Crippen LogP contribution in [0.4, 0.5) is 11.4 Å². The summed E-state index contributed by atoms with van der Waals surface area (Å²) in [5.74, 6) is 1.67. The van der Waals surface area contributed by atoms with Crippen LogP contribution in [0, 0.1) is 0 Å². The minimum atomic E-state index is -0.853. The van der Waals surface area contributed by atoms with Gasteiger partial charge in [0.25, 0.3) is 0 Å². The van der Waals surface area contributed by atoms with Crippen molar-refractivity contribution in [2.24, 2.45) is 0 Å². The molecule has 9 rings (SSSR count). The smallest absolute Gasteiger partial charge is 0.178 e. The van der Waals surface area contributed by atoms with Crippen molar-refractivity contribution in [1.29, 1.82) is 0 Å². The third-order valence-electron chi connectivity index (χ3n) is 11.6. The van der Waals surface area contributed by atoms with Crippen molar-refractivity contribution >= 4 is 28.2 Å². The highest BCUT2D eigenvalue weighted by Gasteiger charge is 2.44. The van der Waals surface area contributed by atoms with Crippen LogP contribution in [0.2, 0.25) is 0 Å². The second-order valence-corrected chi connectivity index (χ2v) is 14.7. The molecule has 5 aromatic rings. The lowest BCUT2D eigenvalue weighted by atomic mass is 9.76. The summed E-state index contributed by atoms with van der Waals surface area (Å²) in [4.78, 5) is 4.73. The average molecular weight is 677 g/mol. The lowest BCUT2D eigenvalue weighted by Crippen LogP contribution is -2.37. The Kier molecular flexibility index (Phi) is 7.62. The Balaban J connectivity index is 1.29. The Morgan fingerprint density at radius 2 is 1.57 bits per heavy atom. The average Bonchev–Trinajstić information content (AvgIpc) is 3.44. The molecule has 6 nitrogen and oxygen atoms in total. The number of benzene rings is 5. The molecule has 3 aliphatic heterocycles. The van der Waals surface area contributed by atoms with Gasteiger partial charge in [0.2, 0.25) is 0 Å². The first-order valence-electron chi connectivity index (χ1n) is 18.2. The first-order valence-corrected chi connectivity index (χ1v) is 18.2. The van der Waals surface area contributed by atoms with E-state index in [1.165, 1.54) is 34.2 Å². The van der Waals surface area contributed by atoms with E-state index in [1.54, 1.807) is 7.11 Å². The van der Waals surface area contributed by atoms with Gasteiger partial charge >= 0.3 is 0 Å². The number of anilines is 2. The zero-order chi connectivity index (χ0) is 34.7. The molecule has 0 bridgehead atoms. The van der Waals surface area contributed by atoms with Gasteiger partial charge in [-0.05, 0) is 76.4 Å². The van der Waals surface area contributed by atoms with Crippen molar-refractivity contribution in [3.8, 4) is 22.6 Å². The molecule has 1 atom stereocenters. The second-order valence-electron chi connectivity index (χ2n) is 14.7. The van der Waals surface area contributed by atoms with Crippen LogP contribution < -0.4 is 19.3 Å². The SMILES string of the molecule is COc1cc2c3c(c4c(c2cc1N1CCCC(=CO)C1)-c1ccccc1C4(C)C)C=CC(c1ccccc1)(c1ccc(N2CCOCC2)cc1)O3. The molecule has 2 fully saturated rings. The van der Waals surface area contributed by atoms with Crippen molar-refractivity contribution in [2.45, 2.75) is 37.7 Å². The monoisotopic (exact) mass is 676 g/mol. The zero-order valence-electron chi connectivity index (χ0n) is 29.6. The van der Waals surface area contributed by atoms with Gasteiger partial charge < -0.3 is 29.1 Å². The van der Waals surface area contributed by atoms with Crippen LogP contribution in [0.1, 0.15) is 54.5 Å². The zero-order valence-corrected chi connectivity index (χ0v) is 29.6. The standard InChI is InChI=1S/C45H44N2O4/c1-44(2)38-14-8-7-13-34(38)41-36-26-39(47-21-9-10-30(28-47)29-48)40(49-3)27-37(36)43-35(42(41)44)19-20-45(51-43,31-11-5-4-6-12-31)32-15-17-33(18-16-32)46-22-24-50-25-23-46/h4-8,11-20,26-27,29,48H,9-10,21-25,28H2,1-3H3. The topological polar surface area (TPSA) is 54.4 Å². The van der Waals surface area contributed by atoms with Gasteiger partial charge in [-0.15, -0.1) is 0 Å². The maximum Gasteiger partial charge on any atom is 0.178 e. The van der Waals surface area contributed by atoms with Gasteiger partial charge in [-0.25, -0.2) is 0 Å². The van der Waals surface area contributed by atoms with Crippen LogP contribution in [0.15, 0.2) is 109 Å². The van der Waals surface area contributed by atoms with E-state index < -0.39 is 5.60 Å². The largest absolute Gasteiger partial charge is 0.516 e. The Labute approximate surface area is 300 Å². The molecule has 0 radical (unpaired) electrons. The van der Waals surface area contributed by atoms with Crippen molar-refractivity contribution < 1.29 is 19.3 Å². The molecule has 0 spiro atoms. The molecule has 0 amide bonds. The van der Waals surface area contributed by atoms with Crippen LogP contribution in [-0.4, -0.2) is 51.6 Å². The van der Waals surface area contributed by atoms with Crippen LogP contribution >= 0.6 is 0 Å². The minimum absolute atomic E-state index is 0.248. The van der Waals surface area contributed by atoms with Gasteiger partial charge in [0, 0.05) is 59.4 Å². The fourth-order valence-electron chi connectivity index (χ4n) is 8.99. The third kappa shape index (κ3) is 4.95. The summed E-state index contributed by atoms with van der Waals surface area (Å²) in [7, 11) is 1.75. The number of nitrogens with zero attached hydrogens (tertiary/aromatic N) is 2. The number of fused-ring (bicyclic) bond motifs is 8. The highest BCUT2D eigenvalue weighted by atomic mass is 16.5. The normalized spacial score (nSPS) is 21.3. The second kappa shape index (κ2) is 12.2. The quantitative estimate of drug-likeness (QED) is 0.187. The van der Waals surface area contributed by atoms with Gasteiger partial charge in [0.1, 0.15) is 11.5 Å². The number of hydrogen-bond acceptors (Lipinski definition) is 6. The molecule has 5 aromatic carbocycles. The highest BCUT2D eigenvalue weighted by Crippen LogP contribution is 2.59. The molecule has 258 valence electrons. The van der Waals surface area contributed by atoms with E-state index in [0.717, 1.165) is 95.9 Å². The number of aliphatic hydroxyl groups is 1. The third-order valence-corrected chi connectivity index (χ3v) is 11.6. The van der Waals surface area contributed by atoms with Gasteiger partial charge in [-0.1, -0.05) is 86.7 Å². The van der Waals surface area contributed by atoms with Crippen molar-refractivity contribution in [2.75, 3.05) is 56.3 Å². The summed E-state index contributed by atoms with van der Waals surface area (Å²) in [5, 5.41) is 12.1. The predicted molar refractivity (Wildman–Crippen MR) is 207 cm³/mol. The van der Waals surface area contributed by atoms with Crippen LogP contribution in [0.3, 0.4) is 0 Å². The minimum Gasteiger partial charge on any atom is -0.516 e. The van der Waals surface area contributed by atoms with Gasteiger partial charge in [0.05, 0.1) is 32.3 Å². The molecule has 1 unspecified atom stereocenters. The number of methoxy groups -OCH3 is 1. The van der Waals surface area contributed by atoms with Crippen LogP contribution in [0.25, 0.3) is 28.0 Å². The van der Waals surface area contributed by atoms with Gasteiger partial charge in [0.15, 0.2) is 5.60 Å². The fourth-order valence-corrected chi connectivity index (χ4v) is 8.99. The number of piperidine rings is 1. The summed E-state index contributed by atoms with van der Waals surface area (Å²) in [6.07, 6.45) is 7.74. The Hall–Kier alpha value is -5.20. The first-order chi connectivity index (χ1) is 24.9. The van der Waals surface area contributed by atoms with Gasteiger partial charge in [-0.3, -0.25) is 0 Å². The number of morpholine rings is 1. The Bertz CT molecular complexity index is 2200. The van der Waals surface area contributed by atoms with Crippen molar-refractivity contribution in [1.82, 2.24) is 0 Å².